The molecule has 1 rings (SSSR count). The summed E-state index contributed by atoms with van der Waals surface area (Å²) >= 11 is 0. The first-order valence-corrected chi connectivity index (χ1v) is 4.77. The van der Waals surface area contributed by atoms with E-state index >= 15 is 0 Å². The molecule has 0 aliphatic carbocycles. The minimum atomic E-state index is -4.15. The van der Waals surface area contributed by atoms with Crippen LogP contribution in [0.4, 0.5) is 13.2 Å². The number of rotatable bonds is 3. The maximum Gasteiger partial charge on any atom is 0.393 e. The molecule has 84 valence electrons. The van der Waals surface area contributed by atoms with E-state index in [0.717, 1.165) is 5.56 Å². The van der Waals surface area contributed by atoms with Crippen LogP contribution in [-0.4, -0.2) is 12.2 Å². The average Bonchev–Trinajstić information content (AvgIpc) is 1.99. The fourth-order valence-corrected chi connectivity index (χ4v) is 1.47. The fourth-order valence-electron chi connectivity index (χ4n) is 1.47. The highest BCUT2D eigenvalue weighted by Gasteiger charge is 2.27. The van der Waals surface area contributed by atoms with Gasteiger partial charge in [0, 0.05) is 6.04 Å². The molecule has 0 spiro atoms. The second kappa shape index (κ2) is 4.66. The Morgan fingerprint density at radius 3 is 2.40 bits per heavy atom. The molecule has 1 aromatic carbocycles. The lowest BCUT2D eigenvalue weighted by Gasteiger charge is -2.09. The predicted octanol–water partition coefficient (Wildman–Crippen LogP) is 2.68. The van der Waals surface area contributed by atoms with E-state index in [0.29, 0.717) is 12.0 Å². The molecule has 1 unspecified atom stereocenters. The van der Waals surface area contributed by atoms with Crippen LogP contribution >= 0.6 is 0 Å². The van der Waals surface area contributed by atoms with Gasteiger partial charge in [-0.3, -0.25) is 0 Å². The number of hydrogen-bond donors (Lipinski definition) is 1. The van der Waals surface area contributed by atoms with Gasteiger partial charge in [0.15, 0.2) is 0 Å². The second-order valence-corrected chi connectivity index (χ2v) is 3.79. The van der Waals surface area contributed by atoms with Gasteiger partial charge in [-0.05, 0) is 24.5 Å². The maximum atomic E-state index is 12.1. The van der Waals surface area contributed by atoms with Crippen molar-refractivity contribution >= 4 is 0 Å². The van der Waals surface area contributed by atoms with Gasteiger partial charge in [-0.2, -0.15) is 13.2 Å². The van der Waals surface area contributed by atoms with Crippen LogP contribution in [0.3, 0.4) is 0 Å². The van der Waals surface area contributed by atoms with Gasteiger partial charge < -0.3 is 5.73 Å². The molecule has 4 heteroatoms. The van der Waals surface area contributed by atoms with Crippen LogP contribution in [0.5, 0.6) is 0 Å². The van der Waals surface area contributed by atoms with Gasteiger partial charge in [0.05, 0.1) is 6.42 Å². The Hall–Kier alpha value is -1.03. The fraction of sp³-hybridized carbons (Fsp3) is 0.455. The van der Waals surface area contributed by atoms with Crippen molar-refractivity contribution in [3.05, 3.63) is 35.4 Å². The zero-order valence-corrected chi connectivity index (χ0v) is 8.51. The molecule has 0 aliphatic heterocycles. The van der Waals surface area contributed by atoms with Gasteiger partial charge in [0.2, 0.25) is 0 Å². The van der Waals surface area contributed by atoms with Crippen molar-refractivity contribution < 1.29 is 13.2 Å². The normalized spacial score (nSPS) is 13.9. The van der Waals surface area contributed by atoms with Gasteiger partial charge in [-0.25, -0.2) is 0 Å². The lowest BCUT2D eigenvalue weighted by atomic mass is 10.0. The first-order valence-electron chi connectivity index (χ1n) is 4.77. The van der Waals surface area contributed by atoms with Crippen molar-refractivity contribution in [3.63, 3.8) is 0 Å². The molecule has 0 radical (unpaired) electrons. The molecule has 0 amide bonds. The van der Waals surface area contributed by atoms with Crippen molar-refractivity contribution in [2.24, 2.45) is 5.73 Å². The van der Waals surface area contributed by atoms with Crippen LogP contribution in [0.25, 0.3) is 0 Å². The highest BCUT2D eigenvalue weighted by molar-refractivity contribution is 5.24. The summed E-state index contributed by atoms with van der Waals surface area (Å²) in [4.78, 5) is 0. The minimum absolute atomic E-state index is 0.0360. The second-order valence-electron chi connectivity index (χ2n) is 3.79. The van der Waals surface area contributed by atoms with Crippen LogP contribution < -0.4 is 5.73 Å². The van der Waals surface area contributed by atoms with Gasteiger partial charge in [-0.1, -0.05) is 24.3 Å². The van der Waals surface area contributed by atoms with Crippen LogP contribution in [0, 0.1) is 0 Å². The first-order chi connectivity index (χ1) is 6.87. The smallest absolute Gasteiger partial charge is 0.328 e. The third-order valence-electron chi connectivity index (χ3n) is 1.95. The molecule has 0 aliphatic rings. The molecular weight excluding hydrogens is 203 g/mol. The lowest BCUT2D eigenvalue weighted by Crippen LogP contribution is -2.18. The topological polar surface area (TPSA) is 26.0 Å². The van der Waals surface area contributed by atoms with Crippen LogP contribution in [-0.2, 0) is 12.8 Å². The Morgan fingerprint density at radius 2 is 1.87 bits per heavy atom. The standard InChI is InChI=1S/C11H14F3N/c1-8(15)5-9-3-2-4-10(6-9)7-11(12,13)14/h2-4,6,8H,5,7,15H2,1H3. The average molecular weight is 217 g/mol. The molecule has 1 aromatic rings. The SMILES string of the molecule is CC(N)Cc1cccc(CC(F)(F)F)c1. The van der Waals surface area contributed by atoms with Crippen molar-refractivity contribution in [2.75, 3.05) is 0 Å². The molecule has 15 heavy (non-hydrogen) atoms. The minimum Gasteiger partial charge on any atom is -0.328 e. The molecule has 0 aromatic heterocycles. The van der Waals surface area contributed by atoms with Gasteiger partial charge >= 0.3 is 6.18 Å². The Morgan fingerprint density at radius 1 is 1.27 bits per heavy atom. The van der Waals surface area contributed by atoms with E-state index in [9.17, 15) is 13.2 Å². The molecule has 0 fully saturated rings. The van der Waals surface area contributed by atoms with Crippen molar-refractivity contribution in [1.82, 2.24) is 0 Å². The van der Waals surface area contributed by atoms with E-state index in [4.69, 9.17) is 5.73 Å². The van der Waals surface area contributed by atoms with E-state index in [2.05, 4.69) is 0 Å². The monoisotopic (exact) mass is 217 g/mol. The molecule has 1 nitrogen and oxygen atoms in total. The Bertz CT molecular complexity index is 318. The molecule has 0 saturated heterocycles. The first kappa shape index (κ1) is 12.0. The van der Waals surface area contributed by atoms with Gasteiger partial charge in [-0.15, -0.1) is 0 Å². The Balaban J connectivity index is 2.74. The molecule has 2 N–H and O–H groups in total. The molecule has 0 saturated carbocycles. The summed E-state index contributed by atoms with van der Waals surface area (Å²) in [7, 11) is 0. The Kier molecular flexibility index (Phi) is 3.74. The van der Waals surface area contributed by atoms with Crippen LogP contribution in [0.1, 0.15) is 18.1 Å². The lowest BCUT2D eigenvalue weighted by molar-refractivity contribution is -0.127. The quantitative estimate of drug-likeness (QED) is 0.827. The van der Waals surface area contributed by atoms with E-state index < -0.39 is 12.6 Å². The molecular formula is C11H14F3N. The van der Waals surface area contributed by atoms with Crippen molar-refractivity contribution in [1.29, 1.82) is 0 Å². The zero-order valence-electron chi connectivity index (χ0n) is 8.51. The predicted molar refractivity (Wildman–Crippen MR) is 53.6 cm³/mol. The third kappa shape index (κ3) is 4.83. The number of benzene rings is 1. The van der Waals surface area contributed by atoms with Gasteiger partial charge in [0.1, 0.15) is 0 Å². The number of halogens is 3. The number of nitrogens with two attached hydrogens (primary N) is 1. The highest BCUT2D eigenvalue weighted by Crippen LogP contribution is 2.21. The van der Waals surface area contributed by atoms with E-state index in [1.165, 1.54) is 6.07 Å². The molecule has 0 heterocycles. The summed E-state index contributed by atoms with van der Waals surface area (Å²) in [6.45, 7) is 1.83. The summed E-state index contributed by atoms with van der Waals surface area (Å²) in [5, 5.41) is 0. The largest absolute Gasteiger partial charge is 0.393 e. The van der Waals surface area contributed by atoms with Crippen molar-refractivity contribution in [3.8, 4) is 0 Å². The third-order valence-corrected chi connectivity index (χ3v) is 1.95. The summed E-state index contributed by atoms with van der Waals surface area (Å²) in [6.07, 6.45) is -4.42. The zero-order chi connectivity index (χ0) is 11.5. The van der Waals surface area contributed by atoms with Crippen LogP contribution in [0.2, 0.25) is 0 Å². The summed E-state index contributed by atoms with van der Waals surface area (Å²) < 4.78 is 36.3. The number of alkyl halides is 3. The van der Waals surface area contributed by atoms with E-state index in [1.54, 1.807) is 18.2 Å². The summed E-state index contributed by atoms with van der Waals surface area (Å²) in [6, 6.07) is 6.45. The number of hydrogen-bond acceptors (Lipinski definition) is 1. The maximum absolute atomic E-state index is 12.1. The summed E-state index contributed by atoms with van der Waals surface area (Å²) in [5.41, 5.74) is 6.73. The van der Waals surface area contributed by atoms with Gasteiger partial charge in [0.25, 0.3) is 0 Å². The summed E-state index contributed by atoms with van der Waals surface area (Å²) in [5.74, 6) is 0. The van der Waals surface area contributed by atoms with Crippen LogP contribution in [0.15, 0.2) is 24.3 Å². The van der Waals surface area contributed by atoms with E-state index in [1.807, 2.05) is 6.92 Å². The van der Waals surface area contributed by atoms with E-state index in [-0.39, 0.29) is 6.04 Å². The highest BCUT2D eigenvalue weighted by atomic mass is 19.4. The Labute approximate surface area is 87.1 Å². The molecule has 1 atom stereocenters. The van der Waals surface area contributed by atoms with Crippen molar-refractivity contribution in [2.45, 2.75) is 32.0 Å². The molecule has 0 bridgehead atoms.